The Labute approximate surface area is 117 Å². The third-order valence-electron chi connectivity index (χ3n) is 4.27. The first-order valence-corrected chi connectivity index (χ1v) is 7.21. The summed E-state index contributed by atoms with van der Waals surface area (Å²) in [6.07, 6.45) is 1.10. The lowest BCUT2D eigenvalue weighted by Gasteiger charge is -2.42. The third-order valence-corrected chi connectivity index (χ3v) is 4.27. The summed E-state index contributed by atoms with van der Waals surface area (Å²) in [4.78, 5) is 4.93. The predicted molar refractivity (Wildman–Crippen MR) is 81.6 cm³/mol. The number of piperazine rings is 1. The van der Waals surface area contributed by atoms with Crippen LogP contribution in [0.2, 0.25) is 0 Å². The average molecular weight is 261 g/mol. The van der Waals surface area contributed by atoms with Crippen LogP contribution in [0.4, 0.5) is 0 Å². The minimum absolute atomic E-state index is 0.509. The second kappa shape index (κ2) is 6.51. The van der Waals surface area contributed by atoms with E-state index in [4.69, 9.17) is 0 Å². The van der Waals surface area contributed by atoms with Crippen LogP contribution in [0.1, 0.15) is 11.1 Å². The molecule has 2 atom stereocenters. The first kappa shape index (κ1) is 14.5. The maximum Gasteiger partial charge on any atom is 0.0377 e. The fourth-order valence-electron chi connectivity index (χ4n) is 3.00. The summed E-state index contributed by atoms with van der Waals surface area (Å²) in [6, 6.07) is 9.96. The maximum absolute atomic E-state index is 3.52. The number of hydrogen-bond donors (Lipinski definition) is 1. The van der Waals surface area contributed by atoms with Crippen molar-refractivity contribution in [1.82, 2.24) is 15.1 Å². The first-order valence-electron chi connectivity index (χ1n) is 7.21. The number of hydrogen-bond acceptors (Lipinski definition) is 3. The van der Waals surface area contributed by atoms with Crippen LogP contribution in [0.5, 0.6) is 0 Å². The van der Waals surface area contributed by atoms with Crippen molar-refractivity contribution in [3.8, 4) is 0 Å². The standard InChI is InChI=1S/C16H27N3/c1-13-6-5-7-14(10-13)11-15(17-2)16-12-18(3)8-9-19(16)4/h5-7,10,15-17H,8-9,11-12H2,1-4H3. The fourth-order valence-corrected chi connectivity index (χ4v) is 3.00. The Morgan fingerprint density at radius 3 is 2.79 bits per heavy atom. The van der Waals surface area contributed by atoms with Crippen LogP contribution in [-0.2, 0) is 6.42 Å². The van der Waals surface area contributed by atoms with Gasteiger partial charge in [0.1, 0.15) is 0 Å². The van der Waals surface area contributed by atoms with Crippen molar-refractivity contribution in [2.24, 2.45) is 0 Å². The summed E-state index contributed by atoms with van der Waals surface area (Å²) >= 11 is 0. The molecule has 19 heavy (non-hydrogen) atoms. The molecule has 1 aliphatic rings. The number of nitrogens with zero attached hydrogens (tertiary/aromatic N) is 2. The molecule has 1 aromatic rings. The second-order valence-electron chi connectivity index (χ2n) is 5.90. The van der Waals surface area contributed by atoms with E-state index in [0.717, 1.165) is 19.5 Å². The van der Waals surface area contributed by atoms with E-state index < -0.39 is 0 Å². The first-order chi connectivity index (χ1) is 9.10. The van der Waals surface area contributed by atoms with Crippen molar-refractivity contribution in [2.45, 2.75) is 25.4 Å². The van der Waals surface area contributed by atoms with Gasteiger partial charge in [0.25, 0.3) is 0 Å². The van der Waals surface area contributed by atoms with Gasteiger partial charge in [0.05, 0.1) is 0 Å². The van der Waals surface area contributed by atoms with Crippen molar-refractivity contribution in [3.63, 3.8) is 0 Å². The Hall–Kier alpha value is -0.900. The Bertz CT molecular complexity index is 405. The van der Waals surface area contributed by atoms with Crippen LogP contribution in [0.3, 0.4) is 0 Å². The van der Waals surface area contributed by atoms with E-state index in [-0.39, 0.29) is 0 Å². The van der Waals surface area contributed by atoms with Gasteiger partial charge in [0, 0.05) is 31.7 Å². The molecular weight excluding hydrogens is 234 g/mol. The molecule has 0 amide bonds. The van der Waals surface area contributed by atoms with E-state index in [1.165, 1.54) is 17.7 Å². The van der Waals surface area contributed by atoms with Gasteiger partial charge in [-0.25, -0.2) is 0 Å². The molecule has 1 saturated heterocycles. The Morgan fingerprint density at radius 2 is 2.11 bits per heavy atom. The van der Waals surface area contributed by atoms with Crippen molar-refractivity contribution >= 4 is 0 Å². The van der Waals surface area contributed by atoms with Crippen molar-refractivity contribution in [2.75, 3.05) is 40.8 Å². The van der Waals surface area contributed by atoms with Crippen molar-refractivity contribution in [1.29, 1.82) is 0 Å². The second-order valence-corrected chi connectivity index (χ2v) is 5.90. The Kier molecular flexibility index (Phi) is 4.97. The average Bonchev–Trinajstić information content (AvgIpc) is 2.39. The fraction of sp³-hybridized carbons (Fsp3) is 0.625. The van der Waals surface area contributed by atoms with E-state index in [1.54, 1.807) is 0 Å². The highest BCUT2D eigenvalue weighted by atomic mass is 15.3. The van der Waals surface area contributed by atoms with Gasteiger partial charge in [0.2, 0.25) is 0 Å². The summed E-state index contributed by atoms with van der Waals surface area (Å²) in [5, 5.41) is 3.52. The zero-order chi connectivity index (χ0) is 13.8. The SMILES string of the molecule is CNC(Cc1cccc(C)c1)C1CN(C)CCN1C. The van der Waals surface area contributed by atoms with Crippen LogP contribution in [-0.4, -0.2) is 62.7 Å². The smallest absolute Gasteiger partial charge is 0.0377 e. The molecule has 1 N–H and O–H groups in total. The Morgan fingerprint density at radius 1 is 1.32 bits per heavy atom. The summed E-state index contributed by atoms with van der Waals surface area (Å²) in [5.41, 5.74) is 2.78. The van der Waals surface area contributed by atoms with Gasteiger partial charge in [-0.3, -0.25) is 4.90 Å². The third kappa shape index (κ3) is 3.78. The minimum Gasteiger partial charge on any atom is -0.315 e. The Balaban J connectivity index is 2.06. The highest BCUT2D eigenvalue weighted by molar-refractivity contribution is 5.23. The number of nitrogens with one attached hydrogen (secondary N) is 1. The largest absolute Gasteiger partial charge is 0.315 e. The molecule has 2 rings (SSSR count). The van der Waals surface area contributed by atoms with Crippen LogP contribution in [0.25, 0.3) is 0 Å². The molecule has 1 aliphatic heterocycles. The van der Waals surface area contributed by atoms with Crippen LogP contribution >= 0.6 is 0 Å². The lowest BCUT2D eigenvalue weighted by Crippen LogP contribution is -2.58. The van der Waals surface area contributed by atoms with Gasteiger partial charge in [-0.05, 0) is 40.1 Å². The summed E-state index contributed by atoms with van der Waals surface area (Å²) in [7, 11) is 6.56. The molecule has 3 heteroatoms. The number of likely N-dealkylation sites (N-methyl/N-ethyl adjacent to an activating group) is 3. The summed E-state index contributed by atoms with van der Waals surface area (Å²) in [5.74, 6) is 0. The molecular formula is C16H27N3. The van der Waals surface area contributed by atoms with E-state index >= 15 is 0 Å². The topological polar surface area (TPSA) is 18.5 Å². The highest BCUT2D eigenvalue weighted by Gasteiger charge is 2.28. The number of aryl methyl sites for hydroxylation is 1. The van der Waals surface area contributed by atoms with Gasteiger partial charge >= 0.3 is 0 Å². The molecule has 0 saturated carbocycles. The van der Waals surface area contributed by atoms with E-state index in [1.807, 2.05) is 0 Å². The molecule has 106 valence electrons. The van der Waals surface area contributed by atoms with Gasteiger partial charge in [-0.2, -0.15) is 0 Å². The summed E-state index contributed by atoms with van der Waals surface area (Å²) in [6.45, 7) is 5.65. The lowest BCUT2D eigenvalue weighted by molar-refractivity contribution is 0.0897. The van der Waals surface area contributed by atoms with Gasteiger partial charge in [0.15, 0.2) is 0 Å². The molecule has 3 nitrogen and oxygen atoms in total. The zero-order valence-corrected chi connectivity index (χ0v) is 12.7. The predicted octanol–water partition coefficient (Wildman–Crippen LogP) is 1.37. The van der Waals surface area contributed by atoms with Gasteiger partial charge in [-0.1, -0.05) is 29.8 Å². The molecule has 0 bridgehead atoms. The molecule has 0 aliphatic carbocycles. The highest BCUT2D eigenvalue weighted by Crippen LogP contribution is 2.15. The maximum atomic E-state index is 3.52. The molecule has 1 fully saturated rings. The summed E-state index contributed by atoms with van der Waals surface area (Å²) < 4.78 is 0. The van der Waals surface area contributed by atoms with Crippen molar-refractivity contribution < 1.29 is 0 Å². The quantitative estimate of drug-likeness (QED) is 0.883. The van der Waals surface area contributed by atoms with E-state index in [9.17, 15) is 0 Å². The van der Waals surface area contributed by atoms with Gasteiger partial charge in [-0.15, -0.1) is 0 Å². The zero-order valence-electron chi connectivity index (χ0n) is 12.7. The molecule has 2 unspecified atom stereocenters. The number of benzene rings is 1. The van der Waals surface area contributed by atoms with E-state index in [2.05, 4.69) is 67.4 Å². The molecule has 1 heterocycles. The van der Waals surface area contributed by atoms with Gasteiger partial charge < -0.3 is 10.2 Å². The lowest BCUT2D eigenvalue weighted by atomic mass is 9.96. The molecule has 0 spiro atoms. The van der Waals surface area contributed by atoms with Crippen LogP contribution in [0.15, 0.2) is 24.3 Å². The van der Waals surface area contributed by atoms with Crippen molar-refractivity contribution in [3.05, 3.63) is 35.4 Å². The van der Waals surface area contributed by atoms with Crippen LogP contribution in [0, 0.1) is 6.92 Å². The molecule has 1 aromatic carbocycles. The molecule has 0 radical (unpaired) electrons. The molecule has 0 aromatic heterocycles. The monoisotopic (exact) mass is 261 g/mol. The number of rotatable bonds is 4. The van der Waals surface area contributed by atoms with E-state index in [0.29, 0.717) is 12.1 Å². The normalized spacial score (nSPS) is 23.5. The van der Waals surface area contributed by atoms with Crippen LogP contribution < -0.4 is 5.32 Å². The minimum atomic E-state index is 0.509.